The molecule has 0 unspecified atom stereocenters. The molecule has 0 aliphatic heterocycles. The number of carbonyl (C=O) groups excluding carboxylic acids is 1. The zero-order chi connectivity index (χ0) is 14.4. The number of hydrogen-bond acceptors (Lipinski definition) is 3. The second-order valence-electron chi connectivity index (χ2n) is 4.99. The number of aromatic nitrogens is 1. The molecule has 0 saturated heterocycles. The Morgan fingerprint density at radius 2 is 2.25 bits per heavy atom. The number of terminal acetylenes is 1. The fourth-order valence-corrected chi connectivity index (χ4v) is 3.27. The van der Waals surface area contributed by atoms with Crippen LogP contribution in [0.4, 0.5) is 0 Å². The Hall–Kier alpha value is -1.47. The van der Waals surface area contributed by atoms with E-state index >= 15 is 0 Å². The number of nitrogens with zero attached hydrogens (tertiary/aromatic N) is 2. The number of hydrogen-bond donors (Lipinski definition) is 0. The van der Waals surface area contributed by atoms with Crippen LogP contribution in [0.2, 0.25) is 0 Å². The fraction of sp³-hybridized carbons (Fsp3) is 0.500. The van der Waals surface area contributed by atoms with E-state index in [-0.39, 0.29) is 11.9 Å². The van der Waals surface area contributed by atoms with Crippen LogP contribution in [-0.2, 0) is 0 Å². The predicted octanol–water partition coefficient (Wildman–Crippen LogP) is 3.21. The average molecular weight is 288 g/mol. The zero-order valence-electron chi connectivity index (χ0n) is 11.8. The molecule has 0 spiro atoms. The average Bonchev–Trinajstić information content (AvgIpc) is 2.52. The molecule has 1 heterocycles. The highest BCUT2D eigenvalue weighted by atomic mass is 32.2. The van der Waals surface area contributed by atoms with Crippen molar-refractivity contribution in [3.8, 4) is 12.3 Å². The second-order valence-corrected chi connectivity index (χ2v) is 5.78. The second kappa shape index (κ2) is 7.35. The molecule has 106 valence electrons. The molecular weight excluding hydrogens is 268 g/mol. The normalized spacial score (nSPS) is 15.6. The molecule has 1 aliphatic carbocycles. The minimum absolute atomic E-state index is 0.0206. The van der Waals surface area contributed by atoms with Gasteiger partial charge in [-0.1, -0.05) is 25.2 Å². The van der Waals surface area contributed by atoms with Crippen LogP contribution < -0.4 is 0 Å². The van der Waals surface area contributed by atoms with Crippen molar-refractivity contribution in [1.82, 2.24) is 9.88 Å². The van der Waals surface area contributed by atoms with Gasteiger partial charge in [-0.25, -0.2) is 4.98 Å². The van der Waals surface area contributed by atoms with Gasteiger partial charge in [0.05, 0.1) is 12.1 Å². The summed E-state index contributed by atoms with van der Waals surface area (Å²) in [6, 6.07) is 3.93. The Balaban J connectivity index is 2.24. The van der Waals surface area contributed by atoms with Crippen molar-refractivity contribution in [2.24, 2.45) is 0 Å². The maximum Gasteiger partial charge on any atom is 0.257 e. The van der Waals surface area contributed by atoms with Gasteiger partial charge in [-0.15, -0.1) is 18.2 Å². The van der Waals surface area contributed by atoms with Crippen LogP contribution >= 0.6 is 11.8 Å². The van der Waals surface area contributed by atoms with E-state index in [0.29, 0.717) is 12.1 Å². The van der Waals surface area contributed by atoms with Crippen molar-refractivity contribution in [2.75, 3.05) is 12.8 Å². The van der Waals surface area contributed by atoms with E-state index < -0.39 is 0 Å². The van der Waals surface area contributed by atoms with Gasteiger partial charge in [-0.3, -0.25) is 4.79 Å². The summed E-state index contributed by atoms with van der Waals surface area (Å²) in [7, 11) is 0. The van der Waals surface area contributed by atoms with Gasteiger partial charge in [-0.2, -0.15) is 0 Å². The first-order valence-corrected chi connectivity index (χ1v) is 8.24. The van der Waals surface area contributed by atoms with Crippen LogP contribution in [0.15, 0.2) is 23.4 Å². The van der Waals surface area contributed by atoms with E-state index in [1.54, 1.807) is 6.20 Å². The summed E-state index contributed by atoms with van der Waals surface area (Å²) < 4.78 is 0. The molecule has 4 heteroatoms. The monoisotopic (exact) mass is 288 g/mol. The van der Waals surface area contributed by atoms with Crippen LogP contribution in [0.5, 0.6) is 0 Å². The summed E-state index contributed by atoms with van der Waals surface area (Å²) in [5.41, 5.74) is 0.667. The molecule has 0 aromatic carbocycles. The summed E-state index contributed by atoms with van der Waals surface area (Å²) in [6.45, 7) is 0.381. The third-order valence-corrected chi connectivity index (χ3v) is 4.44. The Labute approximate surface area is 125 Å². The van der Waals surface area contributed by atoms with E-state index in [1.807, 2.05) is 23.3 Å². The highest BCUT2D eigenvalue weighted by Crippen LogP contribution is 2.26. The lowest BCUT2D eigenvalue weighted by Gasteiger charge is -2.33. The smallest absolute Gasteiger partial charge is 0.257 e. The van der Waals surface area contributed by atoms with E-state index in [9.17, 15) is 4.79 Å². The third kappa shape index (κ3) is 3.34. The van der Waals surface area contributed by atoms with Crippen LogP contribution in [0.25, 0.3) is 0 Å². The van der Waals surface area contributed by atoms with Crippen LogP contribution in [-0.4, -0.2) is 34.6 Å². The molecule has 1 aromatic rings. The van der Waals surface area contributed by atoms with E-state index in [0.717, 1.165) is 17.9 Å². The summed E-state index contributed by atoms with van der Waals surface area (Å²) in [4.78, 5) is 18.9. The molecule has 0 radical (unpaired) electrons. The summed E-state index contributed by atoms with van der Waals surface area (Å²) in [5.74, 6) is 2.65. The van der Waals surface area contributed by atoms with Gasteiger partial charge in [-0.05, 0) is 31.2 Å². The fourth-order valence-electron chi connectivity index (χ4n) is 2.73. The van der Waals surface area contributed by atoms with Crippen molar-refractivity contribution in [1.29, 1.82) is 0 Å². The van der Waals surface area contributed by atoms with Gasteiger partial charge in [0.2, 0.25) is 0 Å². The minimum Gasteiger partial charge on any atom is -0.324 e. The molecule has 2 rings (SSSR count). The van der Waals surface area contributed by atoms with Crippen molar-refractivity contribution in [3.63, 3.8) is 0 Å². The highest BCUT2D eigenvalue weighted by molar-refractivity contribution is 7.98. The lowest BCUT2D eigenvalue weighted by Crippen LogP contribution is -2.42. The van der Waals surface area contributed by atoms with E-state index in [1.165, 1.54) is 31.0 Å². The Morgan fingerprint density at radius 3 is 2.90 bits per heavy atom. The van der Waals surface area contributed by atoms with Crippen molar-refractivity contribution in [3.05, 3.63) is 23.9 Å². The zero-order valence-corrected chi connectivity index (χ0v) is 12.7. The molecule has 3 nitrogen and oxygen atoms in total. The van der Waals surface area contributed by atoms with E-state index in [2.05, 4.69) is 10.9 Å². The van der Waals surface area contributed by atoms with Gasteiger partial charge >= 0.3 is 0 Å². The van der Waals surface area contributed by atoms with Crippen molar-refractivity contribution < 1.29 is 4.79 Å². The number of rotatable bonds is 4. The number of pyridine rings is 1. The number of amides is 1. The lowest BCUT2D eigenvalue weighted by atomic mass is 9.93. The van der Waals surface area contributed by atoms with Gasteiger partial charge in [0.15, 0.2) is 0 Å². The van der Waals surface area contributed by atoms with E-state index in [4.69, 9.17) is 6.42 Å². The predicted molar refractivity (Wildman–Crippen MR) is 82.8 cm³/mol. The SMILES string of the molecule is C#CCN(C(=O)c1cccnc1SC)C1CCCCC1. The molecule has 1 fully saturated rings. The highest BCUT2D eigenvalue weighted by Gasteiger charge is 2.27. The third-order valence-electron chi connectivity index (χ3n) is 3.73. The number of thioether (sulfide) groups is 1. The topological polar surface area (TPSA) is 33.2 Å². The maximum atomic E-state index is 12.8. The largest absolute Gasteiger partial charge is 0.324 e. The molecule has 0 atom stereocenters. The Bertz CT molecular complexity index is 503. The summed E-state index contributed by atoms with van der Waals surface area (Å²) >= 11 is 1.50. The molecule has 20 heavy (non-hydrogen) atoms. The quantitative estimate of drug-likeness (QED) is 0.630. The Kier molecular flexibility index (Phi) is 5.49. The lowest BCUT2D eigenvalue weighted by molar-refractivity contribution is 0.0663. The first kappa shape index (κ1) is 14.9. The summed E-state index contributed by atoms with van der Waals surface area (Å²) in [6.07, 6.45) is 14.9. The van der Waals surface area contributed by atoms with Crippen LogP contribution in [0.3, 0.4) is 0 Å². The van der Waals surface area contributed by atoms with Crippen molar-refractivity contribution in [2.45, 2.75) is 43.2 Å². The maximum absolute atomic E-state index is 12.8. The summed E-state index contributed by atoms with van der Waals surface area (Å²) in [5, 5.41) is 0.773. The number of carbonyl (C=O) groups is 1. The molecule has 0 N–H and O–H groups in total. The molecule has 1 aliphatic rings. The van der Waals surface area contributed by atoms with Crippen LogP contribution in [0.1, 0.15) is 42.5 Å². The molecule has 1 amide bonds. The Morgan fingerprint density at radius 1 is 1.50 bits per heavy atom. The molecule has 1 saturated carbocycles. The first-order valence-electron chi connectivity index (χ1n) is 7.01. The molecule has 1 aromatic heterocycles. The van der Waals surface area contributed by atoms with Crippen molar-refractivity contribution >= 4 is 17.7 Å². The first-order chi connectivity index (χ1) is 9.77. The molecular formula is C16H20N2OS. The van der Waals surface area contributed by atoms with Gasteiger partial charge in [0, 0.05) is 12.2 Å². The minimum atomic E-state index is 0.0206. The van der Waals surface area contributed by atoms with Gasteiger partial charge in [0.1, 0.15) is 5.03 Å². The molecule has 0 bridgehead atoms. The van der Waals surface area contributed by atoms with Crippen LogP contribution in [0, 0.1) is 12.3 Å². The van der Waals surface area contributed by atoms with Gasteiger partial charge < -0.3 is 4.90 Å². The van der Waals surface area contributed by atoms with Gasteiger partial charge in [0.25, 0.3) is 5.91 Å². The standard InChI is InChI=1S/C16H20N2OS/c1-3-12-18(13-8-5-4-6-9-13)16(19)14-10-7-11-17-15(14)20-2/h1,7,10-11,13H,4-6,8-9,12H2,2H3.